The van der Waals surface area contributed by atoms with Gasteiger partial charge in [0, 0.05) is 24.3 Å². The molecule has 0 bridgehead atoms. The molecule has 0 spiro atoms. The van der Waals surface area contributed by atoms with Crippen molar-refractivity contribution in [3.05, 3.63) is 83.9 Å². The van der Waals surface area contributed by atoms with Crippen molar-refractivity contribution in [3.63, 3.8) is 0 Å². The van der Waals surface area contributed by atoms with Crippen LogP contribution in [0.5, 0.6) is 0 Å². The number of anilines is 2. The fraction of sp³-hybridized carbons (Fsp3) is 0.240. The van der Waals surface area contributed by atoms with E-state index >= 15 is 0 Å². The zero-order chi connectivity index (χ0) is 25.1. The van der Waals surface area contributed by atoms with Gasteiger partial charge in [-0.25, -0.2) is 16.8 Å². The van der Waals surface area contributed by atoms with Gasteiger partial charge in [0.15, 0.2) is 0 Å². The summed E-state index contributed by atoms with van der Waals surface area (Å²) in [4.78, 5) is 13.2. The number of amides is 1. The van der Waals surface area contributed by atoms with Crippen molar-refractivity contribution in [1.29, 1.82) is 0 Å². The van der Waals surface area contributed by atoms with Gasteiger partial charge in [0.25, 0.3) is 15.9 Å². The van der Waals surface area contributed by atoms with E-state index in [1.54, 1.807) is 55.5 Å². The fourth-order valence-electron chi connectivity index (χ4n) is 3.96. The quantitative estimate of drug-likeness (QED) is 0.491. The molecule has 8 nitrogen and oxygen atoms in total. The summed E-state index contributed by atoms with van der Waals surface area (Å²) in [6.45, 7) is 2.70. The van der Waals surface area contributed by atoms with Crippen LogP contribution in [-0.2, 0) is 20.0 Å². The third-order valence-electron chi connectivity index (χ3n) is 5.94. The Labute approximate surface area is 206 Å². The third-order valence-corrected chi connectivity index (χ3v) is 9.24. The Morgan fingerprint density at radius 2 is 1.43 bits per heavy atom. The van der Waals surface area contributed by atoms with Crippen LogP contribution in [-0.4, -0.2) is 40.1 Å². The average molecular weight is 514 g/mol. The predicted octanol–water partition coefficient (Wildman–Crippen LogP) is 4.22. The molecule has 1 fully saturated rings. The Kier molecular flexibility index (Phi) is 7.25. The van der Waals surface area contributed by atoms with Gasteiger partial charge in [0.05, 0.1) is 15.5 Å². The van der Waals surface area contributed by atoms with Crippen molar-refractivity contribution in [2.24, 2.45) is 0 Å². The van der Waals surface area contributed by atoms with Crippen LogP contribution in [0.15, 0.2) is 82.6 Å². The van der Waals surface area contributed by atoms with Crippen molar-refractivity contribution in [2.45, 2.75) is 36.0 Å². The van der Waals surface area contributed by atoms with Crippen LogP contribution >= 0.6 is 0 Å². The van der Waals surface area contributed by atoms with Gasteiger partial charge in [-0.15, -0.1) is 0 Å². The van der Waals surface area contributed by atoms with E-state index < -0.39 is 26.0 Å². The lowest BCUT2D eigenvalue weighted by Crippen LogP contribution is -2.35. The lowest BCUT2D eigenvalue weighted by Gasteiger charge is -2.25. The van der Waals surface area contributed by atoms with E-state index in [4.69, 9.17) is 0 Å². The molecule has 1 heterocycles. The van der Waals surface area contributed by atoms with Gasteiger partial charge in [-0.05, 0) is 73.9 Å². The maximum atomic E-state index is 12.9. The van der Waals surface area contributed by atoms with E-state index in [1.807, 2.05) is 0 Å². The first-order valence-electron chi connectivity index (χ1n) is 11.3. The maximum absolute atomic E-state index is 12.9. The molecule has 2 N–H and O–H groups in total. The standard InChI is InChI=1S/C25H27N3O5S2/c1-19-23(11-8-12-24(19)27-34(30,31)21-9-4-2-5-10-21)25(29)26-20-13-15-22(16-14-20)35(32,33)28-17-6-3-7-18-28/h2,4-5,8-16,27H,3,6-7,17-18H2,1H3,(H,26,29). The molecule has 0 unspecified atom stereocenters. The topological polar surface area (TPSA) is 113 Å². The predicted molar refractivity (Wildman–Crippen MR) is 135 cm³/mol. The Bertz CT molecular complexity index is 1420. The van der Waals surface area contributed by atoms with Crippen LogP contribution in [0.3, 0.4) is 0 Å². The zero-order valence-electron chi connectivity index (χ0n) is 19.3. The van der Waals surface area contributed by atoms with Crippen LogP contribution < -0.4 is 10.0 Å². The summed E-state index contributed by atoms with van der Waals surface area (Å²) in [5.74, 6) is -0.435. The molecule has 0 saturated carbocycles. The number of rotatable bonds is 7. The lowest BCUT2D eigenvalue weighted by atomic mass is 10.1. The molecule has 1 aliphatic rings. The van der Waals surface area contributed by atoms with Gasteiger partial charge in [-0.3, -0.25) is 9.52 Å². The van der Waals surface area contributed by atoms with Gasteiger partial charge in [-0.2, -0.15) is 4.31 Å². The minimum Gasteiger partial charge on any atom is -0.322 e. The second-order valence-corrected chi connectivity index (χ2v) is 12.0. The Morgan fingerprint density at radius 3 is 2.09 bits per heavy atom. The van der Waals surface area contributed by atoms with Crippen LogP contribution in [0.1, 0.15) is 35.2 Å². The van der Waals surface area contributed by atoms with Crippen LogP contribution in [0.25, 0.3) is 0 Å². The molecular formula is C25H27N3O5S2. The molecular weight excluding hydrogens is 486 g/mol. The molecule has 1 saturated heterocycles. The van der Waals surface area contributed by atoms with Gasteiger partial charge in [-0.1, -0.05) is 30.7 Å². The van der Waals surface area contributed by atoms with Gasteiger partial charge < -0.3 is 5.32 Å². The summed E-state index contributed by atoms with van der Waals surface area (Å²) >= 11 is 0. The van der Waals surface area contributed by atoms with Crippen molar-refractivity contribution in [3.8, 4) is 0 Å². The van der Waals surface area contributed by atoms with E-state index in [-0.39, 0.29) is 9.79 Å². The van der Waals surface area contributed by atoms with E-state index in [9.17, 15) is 21.6 Å². The Morgan fingerprint density at radius 1 is 0.771 bits per heavy atom. The van der Waals surface area contributed by atoms with Crippen LogP contribution in [0.2, 0.25) is 0 Å². The van der Waals surface area contributed by atoms with E-state index in [1.165, 1.54) is 28.6 Å². The van der Waals surface area contributed by atoms with Crippen molar-refractivity contribution >= 4 is 37.3 Å². The minimum absolute atomic E-state index is 0.119. The molecule has 4 rings (SSSR count). The van der Waals surface area contributed by atoms with Crippen LogP contribution in [0.4, 0.5) is 11.4 Å². The summed E-state index contributed by atoms with van der Waals surface area (Å²) in [6, 6.07) is 18.8. The highest BCUT2D eigenvalue weighted by Crippen LogP contribution is 2.25. The second-order valence-electron chi connectivity index (χ2n) is 8.34. The van der Waals surface area contributed by atoms with Gasteiger partial charge in [0.1, 0.15) is 0 Å². The molecule has 0 atom stereocenters. The fourth-order valence-corrected chi connectivity index (χ4v) is 6.62. The Hall–Kier alpha value is -3.21. The first-order chi connectivity index (χ1) is 16.7. The second kappa shape index (κ2) is 10.2. The van der Waals surface area contributed by atoms with Gasteiger partial charge >= 0.3 is 0 Å². The summed E-state index contributed by atoms with van der Waals surface area (Å²) in [5.41, 5.74) is 1.49. The molecule has 0 radical (unpaired) electrons. The summed E-state index contributed by atoms with van der Waals surface area (Å²) in [7, 11) is -7.36. The number of benzene rings is 3. The highest BCUT2D eigenvalue weighted by molar-refractivity contribution is 7.92. The lowest BCUT2D eigenvalue weighted by molar-refractivity contribution is 0.102. The maximum Gasteiger partial charge on any atom is 0.261 e. The van der Waals surface area contributed by atoms with Crippen molar-refractivity contribution in [2.75, 3.05) is 23.1 Å². The van der Waals surface area contributed by atoms with E-state index in [0.717, 1.165) is 19.3 Å². The number of nitrogens with zero attached hydrogens (tertiary/aromatic N) is 1. The number of hydrogen-bond acceptors (Lipinski definition) is 5. The van der Waals surface area contributed by atoms with E-state index in [2.05, 4.69) is 10.0 Å². The summed E-state index contributed by atoms with van der Waals surface area (Å²) in [6.07, 6.45) is 2.74. The smallest absolute Gasteiger partial charge is 0.261 e. The van der Waals surface area contributed by atoms with Gasteiger partial charge in [0.2, 0.25) is 10.0 Å². The molecule has 1 aliphatic heterocycles. The normalized spacial score (nSPS) is 14.9. The minimum atomic E-state index is -3.81. The third kappa shape index (κ3) is 5.55. The average Bonchev–Trinajstić information content (AvgIpc) is 2.86. The molecule has 0 aromatic heterocycles. The molecule has 3 aromatic carbocycles. The highest BCUT2D eigenvalue weighted by Gasteiger charge is 2.26. The van der Waals surface area contributed by atoms with E-state index in [0.29, 0.717) is 35.6 Å². The van der Waals surface area contributed by atoms with Crippen molar-refractivity contribution in [1.82, 2.24) is 4.31 Å². The first kappa shape index (κ1) is 24.9. The number of sulfonamides is 2. The number of hydrogen-bond donors (Lipinski definition) is 2. The molecule has 0 aliphatic carbocycles. The first-order valence-corrected chi connectivity index (χ1v) is 14.2. The molecule has 184 valence electrons. The number of piperidine rings is 1. The number of carbonyl (C=O) groups excluding carboxylic acids is 1. The molecule has 3 aromatic rings. The Balaban J connectivity index is 1.49. The summed E-state index contributed by atoms with van der Waals surface area (Å²) < 4.78 is 55.1. The SMILES string of the molecule is Cc1c(NS(=O)(=O)c2ccccc2)cccc1C(=O)Nc1ccc(S(=O)(=O)N2CCCCC2)cc1. The monoisotopic (exact) mass is 513 g/mol. The largest absolute Gasteiger partial charge is 0.322 e. The number of carbonyl (C=O) groups is 1. The molecule has 10 heteroatoms. The highest BCUT2D eigenvalue weighted by atomic mass is 32.2. The number of nitrogens with one attached hydrogen (secondary N) is 2. The molecule has 35 heavy (non-hydrogen) atoms. The molecule has 1 amide bonds. The van der Waals surface area contributed by atoms with Crippen molar-refractivity contribution < 1.29 is 21.6 Å². The van der Waals surface area contributed by atoms with Crippen LogP contribution in [0, 0.1) is 6.92 Å². The summed E-state index contributed by atoms with van der Waals surface area (Å²) in [5, 5.41) is 2.75. The zero-order valence-corrected chi connectivity index (χ0v) is 20.9.